The quantitative estimate of drug-likeness (QED) is 0.642. The van der Waals surface area contributed by atoms with E-state index in [-0.39, 0.29) is 16.8 Å². The number of halogens is 7. The van der Waals surface area contributed by atoms with Gasteiger partial charge in [-0.15, -0.1) is 0 Å². The molecule has 112 valence electrons. The lowest BCUT2D eigenvalue weighted by Crippen LogP contribution is -2.50. The van der Waals surface area contributed by atoms with Gasteiger partial charge in [0.1, 0.15) is 5.69 Å². The summed E-state index contributed by atoms with van der Waals surface area (Å²) in [6.07, 6.45) is -12.3. The maximum Gasteiger partial charge on any atom is 0.435 e. The molecule has 0 aromatic heterocycles. The molecule has 0 bridgehead atoms. The van der Waals surface area contributed by atoms with Crippen LogP contribution in [0.3, 0.4) is 0 Å². The summed E-state index contributed by atoms with van der Waals surface area (Å²) in [6.45, 7) is 2.38. The maximum atomic E-state index is 13.8. The first kappa shape index (κ1) is 16.4. The van der Waals surface area contributed by atoms with Crippen LogP contribution in [0.15, 0.2) is 17.2 Å². The number of aryl methyl sites for hydroxylation is 2. The maximum absolute atomic E-state index is 13.8. The fraction of sp³-hybridized carbons (Fsp3) is 0.455. The second-order valence-electron chi connectivity index (χ2n) is 4.24. The van der Waals surface area contributed by atoms with Crippen LogP contribution in [-0.4, -0.2) is 12.4 Å². The van der Waals surface area contributed by atoms with E-state index in [1.165, 1.54) is 13.8 Å². The first-order valence-corrected chi connectivity index (χ1v) is 5.21. The van der Waals surface area contributed by atoms with Gasteiger partial charge in [0.25, 0.3) is 0 Å². The number of alkyl halides is 7. The Morgan fingerprint density at radius 1 is 0.850 bits per heavy atom. The lowest BCUT2D eigenvalue weighted by atomic mass is 9.90. The smallest absolute Gasteiger partial charge is 0.218 e. The van der Waals surface area contributed by atoms with Crippen molar-refractivity contribution in [1.29, 1.82) is 0 Å². The highest BCUT2D eigenvalue weighted by Gasteiger charge is 2.73. The second kappa shape index (κ2) is 4.71. The minimum absolute atomic E-state index is 0.0143. The van der Waals surface area contributed by atoms with E-state index in [1.54, 1.807) is 0 Å². The number of rotatable bonds is 2. The van der Waals surface area contributed by atoms with Crippen LogP contribution in [-0.2, 0) is 5.67 Å². The van der Waals surface area contributed by atoms with Gasteiger partial charge in [0, 0.05) is 5.56 Å². The van der Waals surface area contributed by atoms with E-state index in [0.29, 0.717) is 12.1 Å². The molecule has 0 amide bonds. The topological polar surface area (TPSA) is 38.0 Å². The van der Waals surface area contributed by atoms with Crippen LogP contribution in [0.25, 0.3) is 0 Å². The summed E-state index contributed by atoms with van der Waals surface area (Å²) in [6, 6.07) is 0.888. The minimum Gasteiger partial charge on any atom is -0.218 e. The van der Waals surface area contributed by atoms with E-state index < -0.39 is 23.6 Å². The molecule has 0 aliphatic carbocycles. The molecule has 0 saturated carbocycles. The summed E-state index contributed by atoms with van der Waals surface area (Å²) in [5.41, 5.74) is -2.17. The van der Waals surface area contributed by atoms with Crippen molar-refractivity contribution in [2.24, 2.45) is 5.11 Å². The van der Waals surface area contributed by atoms with Gasteiger partial charge in [0.15, 0.2) is 0 Å². The van der Waals surface area contributed by atoms with E-state index in [1.807, 2.05) is 0 Å². The van der Waals surface area contributed by atoms with Crippen LogP contribution in [0.5, 0.6) is 0 Å². The van der Waals surface area contributed by atoms with E-state index in [0.717, 1.165) is 0 Å². The Morgan fingerprint density at radius 3 is 1.45 bits per heavy atom. The zero-order valence-corrected chi connectivity index (χ0v) is 10.3. The predicted octanol–water partition coefficient (Wildman–Crippen LogP) is 3.44. The normalized spacial score (nSPS) is 13.4. The van der Waals surface area contributed by atoms with Crippen molar-refractivity contribution in [1.82, 2.24) is 0 Å². The third-order valence-corrected chi connectivity index (χ3v) is 2.80. The van der Waals surface area contributed by atoms with Crippen LogP contribution in [0, 0.1) is 13.8 Å². The van der Waals surface area contributed by atoms with Gasteiger partial charge < -0.3 is 0 Å². The van der Waals surface area contributed by atoms with Crippen LogP contribution in [0.4, 0.5) is 36.4 Å². The fourth-order valence-corrected chi connectivity index (χ4v) is 1.85. The van der Waals surface area contributed by atoms with Crippen LogP contribution in [0.1, 0.15) is 16.7 Å². The highest BCUT2D eigenvalue weighted by molar-refractivity contribution is 5.54. The van der Waals surface area contributed by atoms with Crippen LogP contribution < -0.4 is 5.53 Å². The molecule has 0 unspecified atom stereocenters. The monoisotopic (exact) mass is 303 g/mol. The van der Waals surface area contributed by atoms with Gasteiger partial charge in [0.05, 0.1) is 0 Å². The fourth-order valence-electron chi connectivity index (χ4n) is 1.85. The molecule has 1 aromatic rings. The summed E-state index contributed by atoms with van der Waals surface area (Å²) >= 11 is 0. The SMILES string of the molecule is Cc1cc(C(F)(C(F)(F)F)C(F)(F)F)cc(C)c1N=[NH2+]. The third-order valence-electron chi connectivity index (χ3n) is 2.80. The number of hydrogen-bond acceptors (Lipinski definition) is 1. The van der Waals surface area contributed by atoms with Gasteiger partial charge in [-0.3, -0.25) is 0 Å². The van der Waals surface area contributed by atoms with E-state index >= 15 is 0 Å². The number of nitrogens with two attached hydrogens (primary N) is 1. The van der Waals surface area contributed by atoms with Crippen LogP contribution >= 0.6 is 0 Å². The Balaban J connectivity index is 3.65. The molecule has 0 radical (unpaired) electrons. The highest BCUT2D eigenvalue weighted by atomic mass is 19.4. The van der Waals surface area contributed by atoms with E-state index in [9.17, 15) is 30.7 Å². The molecular weight excluding hydrogens is 293 g/mol. The minimum atomic E-state index is -6.13. The van der Waals surface area contributed by atoms with Gasteiger partial charge in [-0.1, -0.05) is 0 Å². The lowest BCUT2D eigenvalue weighted by Gasteiger charge is -2.30. The van der Waals surface area contributed by atoms with E-state index in [2.05, 4.69) is 5.11 Å². The molecule has 0 aliphatic heterocycles. The van der Waals surface area contributed by atoms with Gasteiger partial charge in [-0.2, -0.15) is 31.9 Å². The van der Waals surface area contributed by atoms with Gasteiger partial charge in [-0.05, 0) is 42.2 Å². The Labute approximate surface area is 109 Å². The molecule has 2 nitrogen and oxygen atoms in total. The van der Waals surface area contributed by atoms with Crippen molar-refractivity contribution in [3.63, 3.8) is 0 Å². The molecule has 20 heavy (non-hydrogen) atoms. The summed E-state index contributed by atoms with van der Waals surface area (Å²) in [7, 11) is 0. The average Bonchev–Trinajstić information content (AvgIpc) is 2.24. The molecule has 0 heterocycles. The van der Waals surface area contributed by atoms with E-state index in [4.69, 9.17) is 5.53 Å². The predicted molar refractivity (Wildman–Crippen MR) is 54.8 cm³/mol. The Bertz CT molecular complexity index is 494. The molecule has 0 saturated heterocycles. The second-order valence-corrected chi connectivity index (χ2v) is 4.24. The van der Waals surface area contributed by atoms with Crippen molar-refractivity contribution in [2.45, 2.75) is 31.9 Å². The summed E-state index contributed by atoms with van der Waals surface area (Å²) in [5.74, 6) is 0. The molecular formula is C11H10F7N2+. The van der Waals surface area contributed by atoms with Crippen molar-refractivity contribution < 1.29 is 36.3 Å². The van der Waals surface area contributed by atoms with Crippen molar-refractivity contribution in [3.8, 4) is 0 Å². The molecule has 1 aromatic carbocycles. The molecule has 1 rings (SSSR count). The Hall–Kier alpha value is -1.67. The molecule has 9 heteroatoms. The first-order chi connectivity index (χ1) is 8.86. The number of benzene rings is 1. The molecule has 0 fully saturated rings. The summed E-state index contributed by atoms with van der Waals surface area (Å²) in [5, 5.41) is 3.23. The van der Waals surface area contributed by atoms with Gasteiger partial charge in [-0.25, -0.2) is 4.39 Å². The Morgan fingerprint density at radius 2 is 1.20 bits per heavy atom. The van der Waals surface area contributed by atoms with Crippen molar-refractivity contribution in [3.05, 3.63) is 28.8 Å². The number of nitrogens with zero attached hydrogens (tertiary/aromatic N) is 1. The molecule has 0 aliphatic rings. The first-order valence-electron chi connectivity index (χ1n) is 5.21. The molecule has 2 N–H and O–H groups in total. The summed E-state index contributed by atoms with van der Waals surface area (Å²) < 4.78 is 89.4. The van der Waals surface area contributed by atoms with Crippen molar-refractivity contribution >= 4 is 5.69 Å². The standard InChI is InChI=1S/C11H9F7N2/c1-5-3-7(4-6(2)8(5)20-19)9(12,10(13,14)15)11(16,17)18/h3-4,19H,1-2H3/p+1. The zero-order valence-electron chi connectivity index (χ0n) is 10.3. The molecule has 0 atom stereocenters. The largest absolute Gasteiger partial charge is 0.435 e. The number of hydrogen-bond donors (Lipinski definition) is 1. The third kappa shape index (κ3) is 2.36. The van der Waals surface area contributed by atoms with Crippen LogP contribution in [0.2, 0.25) is 0 Å². The van der Waals surface area contributed by atoms with Gasteiger partial charge in [0.2, 0.25) is 0 Å². The average molecular weight is 303 g/mol. The lowest BCUT2D eigenvalue weighted by molar-refractivity contribution is -0.348. The summed E-state index contributed by atoms with van der Waals surface area (Å²) in [4.78, 5) is 0. The highest BCUT2D eigenvalue weighted by Crippen LogP contribution is 2.53. The van der Waals surface area contributed by atoms with Crippen molar-refractivity contribution in [2.75, 3.05) is 0 Å². The molecule has 0 spiro atoms. The Kier molecular flexibility index (Phi) is 3.86. The van der Waals surface area contributed by atoms with Gasteiger partial charge >= 0.3 is 18.0 Å². The zero-order chi connectivity index (χ0) is 15.9.